The fourth-order valence-electron chi connectivity index (χ4n) is 2.00. The molecule has 1 aromatic carbocycles. The van der Waals surface area contributed by atoms with Gasteiger partial charge in [-0.15, -0.1) is 0 Å². The molecule has 102 valence electrons. The summed E-state index contributed by atoms with van der Waals surface area (Å²) in [5, 5.41) is 0. The summed E-state index contributed by atoms with van der Waals surface area (Å²) in [4.78, 5) is 0. The molecule has 0 aromatic heterocycles. The smallest absolute Gasteiger partial charge is 0.203 e. The maximum Gasteiger partial charge on any atom is 0.203 e. The molecule has 0 saturated carbocycles. The summed E-state index contributed by atoms with van der Waals surface area (Å²) >= 11 is 0. The summed E-state index contributed by atoms with van der Waals surface area (Å²) < 4.78 is 16.2. The van der Waals surface area contributed by atoms with E-state index in [4.69, 9.17) is 19.9 Å². The van der Waals surface area contributed by atoms with Gasteiger partial charge in [0.2, 0.25) is 5.75 Å². The van der Waals surface area contributed by atoms with Gasteiger partial charge in [0.15, 0.2) is 11.5 Å². The van der Waals surface area contributed by atoms with Crippen LogP contribution in [0.2, 0.25) is 0 Å². The summed E-state index contributed by atoms with van der Waals surface area (Å²) in [6, 6.07) is 2.08. The van der Waals surface area contributed by atoms with Crippen molar-refractivity contribution in [2.75, 3.05) is 21.3 Å². The molecule has 0 saturated heterocycles. The molecule has 2 N–H and O–H groups in total. The van der Waals surface area contributed by atoms with Crippen molar-refractivity contribution in [3.63, 3.8) is 0 Å². The first kappa shape index (κ1) is 14.6. The third-order valence-corrected chi connectivity index (χ3v) is 3.15. The molecule has 1 aromatic rings. The minimum atomic E-state index is 0.121. The maximum atomic E-state index is 6.03. The first-order valence-electron chi connectivity index (χ1n) is 6.12. The van der Waals surface area contributed by atoms with Crippen LogP contribution < -0.4 is 19.9 Å². The molecule has 0 heterocycles. The second kappa shape index (κ2) is 6.50. The lowest BCUT2D eigenvalue weighted by Gasteiger charge is -2.20. The molecule has 0 aliphatic rings. The number of benzene rings is 1. The zero-order valence-corrected chi connectivity index (χ0v) is 11.9. The van der Waals surface area contributed by atoms with Gasteiger partial charge in [0, 0.05) is 11.6 Å². The predicted molar refractivity (Wildman–Crippen MR) is 72.8 cm³/mol. The highest BCUT2D eigenvalue weighted by Gasteiger charge is 2.19. The molecular formula is C14H23NO3. The molecule has 4 heteroatoms. The number of nitrogens with two attached hydrogens (primary N) is 1. The van der Waals surface area contributed by atoms with Crippen molar-refractivity contribution in [1.29, 1.82) is 0 Å². The van der Waals surface area contributed by atoms with Gasteiger partial charge in [0.25, 0.3) is 0 Å². The zero-order chi connectivity index (χ0) is 13.7. The molecule has 0 aliphatic carbocycles. The minimum absolute atomic E-state index is 0.121. The Labute approximate surface area is 109 Å². The van der Waals surface area contributed by atoms with Gasteiger partial charge >= 0.3 is 0 Å². The minimum Gasteiger partial charge on any atom is -0.493 e. The van der Waals surface area contributed by atoms with E-state index in [0.717, 1.165) is 29.7 Å². The Morgan fingerprint density at radius 1 is 1.11 bits per heavy atom. The lowest BCUT2D eigenvalue weighted by molar-refractivity contribution is 0.321. The van der Waals surface area contributed by atoms with E-state index in [2.05, 4.69) is 6.92 Å². The molecule has 0 spiro atoms. The third kappa shape index (κ3) is 2.88. The van der Waals surface area contributed by atoms with Crippen LogP contribution in [-0.2, 0) is 6.42 Å². The number of rotatable bonds is 6. The van der Waals surface area contributed by atoms with E-state index in [0.29, 0.717) is 11.5 Å². The van der Waals surface area contributed by atoms with Crippen molar-refractivity contribution in [3.8, 4) is 17.2 Å². The van der Waals surface area contributed by atoms with Crippen LogP contribution in [0.1, 0.15) is 24.5 Å². The third-order valence-electron chi connectivity index (χ3n) is 3.15. The van der Waals surface area contributed by atoms with Gasteiger partial charge in [-0.25, -0.2) is 0 Å². The monoisotopic (exact) mass is 253 g/mol. The van der Waals surface area contributed by atoms with E-state index in [9.17, 15) is 0 Å². The fraction of sp³-hybridized carbons (Fsp3) is 0.571. The molecule has 1 unspecified atom stereocenters. The van der Waals surface area contributed by atoms with E-state index in [1.54, 1.807) is 21.3 Å². The first-order valence-corrected chi connectivity index (χ1v) is 6.12. The summed E-state index contributed by atoms with van der Waals surface area (Å²) in [5.41, 5.74) is 8.22. The van der Waals surface area contributed by atoms with Gasteiger partial charge in [-0.1, -0.05) is 6.92 Å². The van der Waals surface area contributed by atoms with Crippen LogP contribution in [-0.4, -0.2) is 27.4 Å². The van der Waals surface area contributed by atoms with Gasteiger partial charge in [0.1, 0.15) is 0 Å². The second-order valence-corrected chi connectivity index (χ2v) is 4.31. The molecule has 0 amide bonds. The van der Waals surface area contributed by atoms with Crippen LogP contribution in [0.15, 0.2) is 6.07 Å². The number of hydrogen-bond donors (Lipinski definition) is 1. The van der Waals surface area contributed by atoms with Crippen molar-refractivity contribution in [2.24, 2.45) is 5.73 Å². The topological polar surface area (TPSA) is 53.7 Å². The Bertz CT molecular complexity index is 405. The normalized spacial score (nSPS) is 12.1. The van der Waals surface area contributed by atoms with E-state index in [1.165, 1.54) is 0 Å². The highest BCUT2D eigenvalue weighted by molar-refractivity contribution is 5.59. The van der Waals surface area contributed by atoms with Crippen molar-refractivity contribution in [2.45, 2.75) is 32.7 Å². The predicted octanol–water partition coefficient (Wildman–Crippen LogP) is 2.30. The number of methoxy groups -OCH3 is 3. The van der Waals surface area contributed by atoms with Gasteiger partial charge in [-0.3, -0.25) is 0 Å². The molecule has 18 heavy (non-hydrogen) atoms. The van der Waals surface area contributed by atoms with Gasteiger partial charge in [-0.05, 0) is 31.4 Å². The standard InChI is InChI=1S/C14H23NO3/c1-6-10(15)8-11-9(2)7-12(16-3)14(18-5)13(11)17-4/h7,10H,6,8,15H2,1-5H3. The van der Waals surface area contributed by atoms with E-state index in [1.807, 2.05) is 13.0 Å². The molecule has 4 nitrogen and oxygen atoms in total. The lowest BCUT2D eigenvalue weighted by Crippen LogP contribution is -2.22. The molecule has 0 radical (unpaired) electrons. The van der Waals surface area contributed by atoms with E-state index in [-0.39, 0.29) is 6.04 Å². The van der Waals surface area contributed by atoms with Crippen molar-refractivity contribution in [1.82, 2.24) is 0 Å². The quantitative estimate of drug-likeness (QED) is 0.845. The van der Waals surface area contributed by atoms with Gasteiger partial charge in [-0.2, -0.15) is 0 Å². The second-order valence-electron chi connectivity index (χ2n) is 4.31. The number of hydrogen-bond acceptors (Lipinski definition) is 4. The van der Waals surface area contributed by atoms with Crippen LogP contribution >= 0.6 is 0 Å². The molecule has 0 bridgehead atoms. The number of ether oxygens (including phenoxy) is 3. The average Bonchev–Trinajstić information content (AvgIpc) is 2.39. The summed E-state index contributed by atoms with van der Waals surface area (Å²) in [6.45, 7) is 4.11. The van der Waals surface area contributed by atoms with Crippen LogP contribution in [0, 0.1) is 6.92 Å². The Kier molecular flexibility index (Phi) is 5.28. The SMILES string of the molecule is CCC(N)Cc1c(C)cc(OC)c(OC)c1OC. The lowest BCUT2D eigenvalue weighted by atomic mass is 9.98. The van der Waals surface area contributed by atoms with Crippen molar-refractivity contribution in [3.05, 3.63) is 17.2 Å². The van der Waals surface area contributed by atoms with E-state index < -0.39 is 0 Å². The van der Waals surface area contributed by atoms with Gasteiger partial charge < -0.3 is 19.9 Å². The average molecular weight is 253 g/mol. The molecule has 0 fully saturated rings. The summed E-state index contributed by atoms with van der Waals surface area (Å²) in [5.74, 6) is 2.03. The fourth-order valence-corrected chi connectivity index (χ4v) is 2.00. The van der Waals surface area contributed by atoms with E-state index >= 15 is 0 Å². The molecule has 0 aliphatic heterocycles. The van der Waals surface area contributed by atoms with Crippen LogP contribution in [0.5, 0.6) is 17.2 Å². The van der Waals surface area contributed by atoms with Crippen LogP contribution in [0.3, 0.4) is 0 Å². The largest absolute Gasteiger partial charge is 0.493 e. The highest BCUT2D eigenvalue weighted by Crippen LogP contribution is 2.42. The van der Waals surface area contributed by atoms with Crippen molar-refractivity contribution < 1.29 is 14.2 Å². The summed E-state index contributed by atoms with van der Waals surface area (Å²) in [6.07, 6.45) is 1.70. The summed E-state index contributed by atoms with van der Waals surface area (Å²) in [7, 11) is 4.87. The maximum absolute atomic E-state index is 6.03. The van der Waals surface area contributed by atoms with Crippen molar-refractivity contribution >= 4 is 0 Å². The Morgan fingerprint density at radius 3 is 2.17 bits per heavy atom. The van der Waals surface area contributed by atoms with Crippen LogP contribution in [0.4, 0.5) is 0 Å². The zero-order valence-electron chi connectivity index (χ0n) is 11.9. The molecule has 1 rings (SSSR count). The Balaban J connectivity index is 3.31. The Hall–Kier alpha value is -1.42. The molecule has 1 atom stereocenters. The highest BCUT2D eigenvalue weighted by atomic mass is 16.5. The number of aryl methyl sites for hydroxylation is 1. The molecular weight excluding hydrogens is 230 g/mol. The van der Waals surface area contributed by atoms with Crippen LogP contribution in [0.25, 0.3) is 0 Å². The van der Waals surface area contributed by atoms with Gasteiger partial charge in [0.05, 0.1) is 21.3 Å². The first-order chi connectivity index (χ1) is 8.58. The Morgan fingerprint density at radius 2 is 1.72 bits per heavy atom.